The van der Waals surface area contributed by atoms with Crippen LogP contribution in [0.15, 0.2) is 36.7 Å². The molecule has 1 aromatic heterocycles. The van der Waals surface area contributed by atoms with Crippen LogP contribution in [0.25, 0.3) is 5.69 Å². The molecule has 110 valence electrons. The van der Waals surface area contributed by atoms with E-state index >= 15 is 0 Å². The molecule has 1 N–H and O–H groups in total. The molecule has 1 saturated heterocycles. The van der Waals surface area contributed by atoms with E-state index in [1.54, 1.807) is 28.0 Å². The number of para-hydroxylation sites is 1. The van der Waals surface area contributed by atoms with Gasteiger partial charge in [0, 0.05) is 19.3 Å². The number of aliphatic hydroxyl groups is 1. The van der Waals surface area contributed by atoms with Crippen LogP contribution >= 0.6 is 11.6 Å². The molecule has 6 heteroatoms. The standard InChI is InChI=1S/C15H16ClN3O2/c16-13-3-1-2-4-14(13)19-10-11(9-17-19)15(21)18-7-5-12(20)6-8-18/h1-4,9-10,12,20H,5-8H2. The fourth-order valence-electron chi connectivity index (χ4n) is 2.45. The first-order valence-corrected chi connectivity index (χ1v) is 7.30. The van der Waals surface area contributed by atoms with Gasteiger partial charge in [0.2, 0.25) is 0 Å². The Morgan fingerprint density at radius 3 is 2.71 bits per heavy atom. The Morgan fingerprint density at radius 1 is 1.29 bits per heavy atom. The fraction of sp³-hybridized carbons (Fsp3) is 0.333. The molecular formula is C15H16ClN3O2. The van der Waals surface area contributed by atoms with Gasteiger partial charge < -0.3 is 10.0 Å². The summed E-state index contributed by atoms with van der Waals surface area (Å²) in [6, 6.07) is 7.35. The Morgan fingerprint density at radius 2 is 2.00 bits per heavy atom. The zero-order chi connectivity index (χ0) is 14.8. The lowest BCUT2D eigenvalue weighted by molar-refractivity contribution is 0.0546. The first-order valence-electron chi connectivity index (χ1n) is 6.92. The zero-order valence-corrected chi connectivity index (χ0v) is 12.2. The van der Waals surface area contributed by atoms with E-state index in [1.807, 2.05) is 18.2 Å². The van der Waals surface area contributed by atoms with Crippen LogP contribution in [0.3, 0.4) is 0 Å². The maximum atomic E-state index is 12.4. The number of aliphatic hydroxyl groups excluding tert-OH is 1. The van der Waals surface area contributed by atoms with Crippen LogP contribution in [0.5, 0.6) is 0 Å². The summed E-state index contributed by atoms with van der Waals surface area (Å²) in [5.74, 6) is -0.0554. The Kier molecular flexibility index (Phi) is 3.94. The van der Waals surface area contributed by atoms with Crippen molar-refractivity contribution < 1.29 is 9.90 Å². The lowest BCUT2D eigenvalue weighted by Gasteiger charge is -2.29. The van der Waals surface area contributed by atoms with Crippen LogP contribution in [0.4, 0.5) is 0 Å². The number of carbonyl (C=O) groups is 1. The van der Waals surface area contributed by atoms with Gasteiger partial charge in [-0.25, -0.2) is 4.68 Å². The van der Waals surface area contributed by atoms with Gasteiger partial charge in [-0.05, 0) is 25.0 Å². The monoisotopic (exact) mass is 305 g/mol. The third kappa shape index (κ3) is 2.94. The quantitative estimate of drug-likeness (QED) is 0.924. The minimum atomic E-state index is -0.292. The molecule has 0 unspecified atom stereocenters. The molecule has 0 saturated carbocycles. The molecule has 3 rings (SSSR count). The second-order valence-electron chi connectivity index (χ2n) is 5.15. The molecule has 1 amide bonds. The molecule has 5 nitrogen and oxygen atoms in total. The third-order valence-corrected chi connectivity index (χ3v) is 4.00. The molecule has 1 aromatic carbocycles. The summed E-state index contributed by atoms with van der Waals surface area (Å²) in [6.45, 7) is 1.16. The fourth-order valence-corrected chi connectivity index (χ4v) is 2.68. The highest BCUT2D eigenvalue weighted by Crippen LogP contribution is 2.20. The van der Waals surface area contributed by atoms with Gasteiger partial charge >= 0.3 is 0 Å². The molecule has 2 heterocycles. The Hall–Kier alpha value is -1.85. The van der Waals surface area contributed by atoms with E-state index in [1.165, 1.54) is 0 Å². The maximum absolute atomic E-state index is 12.4. The van der Waals surface area contributed by atoms with E-state index in [9.17, 15) is 9.90 Å². The van der Waals surface area contributed by atoms with E-state index in [0.29, 0.717) is 36.5 Å². The topological polar surface area (TPSA) is 58.4 Å². The van der Waals surface area contributed by atoms with E-state index in [-0.39, 0.29) is 12.0 Å². The summed E-state index contributed by atoms with van der Waals surface area (Å²) >= 11 is 6.13. The summed E-state index contributed by atoms with van der Waals surface area (Å²) in [7, 11) is 0. The van der Waals surface area contributed by atoms with Crippen LogP contribution < -0.4 is 0 Å². The summed E-state index contributed by atoms with van der Waals surface area (Å²) in [4.78, 5) is 14.1. The first-order chi connectivity index (χ1) is 10.1. The van der Waals surface area contributed by atoms with Gasteiger partial charge in [-0.3, -0.25) is 4.79 Å². The van der Waals surface area contributed by atoms with Gasteiger partial charge in [0.15, 0.2) is 0 Å². The second kappa shape index (κ2) is 5.87. The van der Waals surface area contributed by atoms with Crippen molar-refractivity contribution in [2.24, 2.45) is 0 Å². The normalized spacial score (nSPS) is 16.2. The molecule has 0 spiro atoms. The molecule has 1 aliphatic heterocycles. The van der Waals surface area contributed by atoms with E-state index in [0.717, 1.165) is 5.69 Å². The number of benzene rings is 1. The average molecular weight is 306 g/mol. The van der Waals surface area contributed by atoms with Gasteiger partial charge in [0.05, 0.1) is 28.6 Å². The SMILES string of the molecule is O=C(c1cnn(-c2ccccc2Cl)c1)N1CCC(O)CC1. The highest BCUT2D eigenvalue weighted by Gasteiger charge is 2.23. The number of likely N-dealkylation sites (tertiary alicyclic amines) is 1. The van der Waals surface area contributed by atoms with E-state index < -0.39 is 0 Å². The van der Waals surface area contributed by atoms with Crippen LogP contribution in [-0.2, 0) is 0 Å². The van der Waals surface area contributed by atoms with Gasteiger partial charge in [0.1, 0.15) is 0 Å². The van der Waals surface area contributed by atoms with Crippen molar-refractivity contribution in [2.75, 3.05) is 13.1 Å². The molecule has 0 radical (unpaired) electrons. The zero-order valence-electron chi connectivity index (χ0n) is 11.4. The minimum absolute atomic E-state index is 0.0554. The van der Waals surface area contributed by atoms with Gasteiger partial charge in [-0.15, -0.1) is 0 Å². The number of carbonyl (C=O) groups excluding carboxylic acids is 1. The van der Waals surface area contributed by atoms with Crippen molar-refractivity contribution in [3.63, 3.8) is 0 Å². The summed E-state index contributed by atoms with van der Waals surface area (Å²) < 4.78 is 1.61. The molecule has 2 aromatic rings. The van der Waals surface area contributed by atoms with Crippen molar-refractivity contribution >= 4 is 17.5 Å². The van der Waals surface area contributed by atoms with Crippen molar-refractivity contribution in [2.45, 2.75) is 18.9 Å². The second-order valence-corrected chi connectivity index (χ2v) is 5.56. The summed E-state index contributed by atoms with van der Waals surface area (Å²) in [5, 5.41) is 14.3. The number of amides is 1. The van der Waals surface area contributed by atoms with Crippen LogP contribution in [0.2, 0.25) is 5.02 Å². The molecule has 21 heavy (non-hydrogen) atoms. The third-order valence-electron chi connectivity index (χ3n) is 3.68. The minimum Gasteiger partial charge on any atom is -0.393 e. The Labute approximate surface area is 127 Å². The van der Waals surface area contributed by atoms with Crippen molar-refractivity contribution in [3.05, 3.63) is 47.2 Å². The molecule has 1 fully saturated rings. The van der Waals surface area contributed by atoms with Crippen LogP contribution in [0, 0.1) is 0 Å². The van der Waals surface area contributed by atoms with E-state index in [4.69, 9.17) is 11.6 Å². The lowest BCUT2D eigenvalue weighted by atomic mass is 10.1. The van der Waals surface area contributed by atoms with Crippen molar-refractivity contribution in [1.82, 2.24) is 14.7 Å². The smallest absolute Gasteiger partial charge is 0.257 e. The highest BCUT2D eigenvalue weighted by atomic mass is 35.5. The molecule has 0 aliphatic carbocycles. The Bertz CT molecular complexity index is 648. The highest BCUT2D eigenvalue weighted by molar-refractivity contribution is 6.32. The molecular weight excluding hydrogens is 290 g/mol. The maximum Gasteiger partial charge on any atom is 0.257 e. The number of halogens is 1. The van der Waals surface area contributed by atoms with E-state index in [2.05, 4.69) is 5.10 Å². The lowest BCUT2D eigenvalue weighted by Crippen LogP contribution is -2.39. The molecule has 1 aliphatic rings. The number of aromatic nitrogens is 2. The predicted octanol–water partition coefficient (Wildman–Crippen LogP) is 2.12. The van der Waals surface area contributed by atoms with Crippen molar-refractivity contribution in [3.8, 4) is 5.69 Å². The first kappa shape index (κ1) is 14.1. The largest absolute Gasteiger partial charge is 0.393 e. The number of piperidine rings is 1. The van der Waals surface area contributed by atoms with Crippen molar-refractivity contribution in [1.29, 1.82) is 0 Å². The number of hydrogen-bond acceptors (Lipinski definition) is 3. The van der Waals surface area contributed by atoms with Gasteiger partial charge in [0.25, 0.3) is 5.91 Å². The number of hydrogen-bond donors (Lipinski definition) is 1. The molecule has 0 atom stereocenters. The summed E-state index contributed by atoms with van der Waals surface area (Å²) in [5.41, 5.74) is 1.28. The van der Waals surface area contributed by atoms with Crippen LogP contribution in [-0.4, -0.2) is 44.9 Å². The van der Waals surface area contributed by atoms with Gasteiger partial charge in [-0.2, -0.15) is 5.10 Å². The van der Waals surface area contributed by atoms with Crippen LogP contribution in [0.1, 0.15) is 23.2 Å². The summed E-state index contributed by atoms with van der Waals surface area (Å²) in [6.07, 6.45) is 4.21. The number of nitrogens with zero attached hydrogens (tertiary/aromatic N) is 3. The Balaban J connectivity index is 1.79. The number of rotatable bonds is 2. The molecule has 0 bridgehead atoms. The van der Waals surface area contributed by atoms with Gasteiger partial charge in [-0.1, -0.05) is 23.7 Å². The average Bonchev–Trinajstić information content (AvgIpc) is 2.97. The predicted molar refractivity (Wildman–Crippen MR) is 79.7 cm³/mol.